The standard InChI is InChI=1S/C25H26N6O2S/c1-16(2)25(4,15-26)27-21(32)14-34-24-29-28-23-30(13-18-11-9-17(3)10-12-18)22(33)19-7-5-6-8-20(19)31(23)24/h5-12,16H,13-14H2,1-4H3,(H,27,32)/t25-/m1/s1. The first-order chi connectivity index (χ1) is 16.2. The minimum absolute atomic E-state index is 0.0412. The highest BCUT2D eigenvalue weighted by Gasteiger charge is 2.30. The molecule has 1 amide bonds. The molecule has 0 aliphatic carbocycles. The minimum Gasteiger partial charge on any atom is -0.337 e. The fourth-order valence-electron chi connectivity index (χ4n) is 3.60. The van der Waals surface area contributed by atoms with E-state index in [9.17, 15) is 14.9 Å². The predicted molar refractivity (Wildman–Crippen MR) is 133 cm³/mol. The van der Waals surface area contributed by atoms with E-state index in [0.717, 1.165) is 11.1 Å². The van der Waals surface area contributed by atoms with E-state index in [1.165, 1.54) is 11.8 Å². The molecule has 0 radical (unpaired) electrons. The third-order valence-corrected chi connectivity index (χ3v) is 6.99. The van der Waals surface area contributed by atoms with Crippen LogP contribution < -0.4 is 10.9 Å². The van der Waals surface area contributed by atoms with Crippen LogP contribution >= 0.6 is 11.8 Å². The van der Waals surface area contributed by atoms with Crippen molar-refractivity contribution in [2.75, 3.05) is 5.75 Å². The minimum atomic E-state index is -0.953. The molecule has 174 valence electrons. The molecule has 0 saturated carbocycles. The smallest absolute Gasteiger partial charge is 0.263 e. The molecule has 0 aliphatic heterocycles. The number of thioether (sulfide) groups is 1. The number of amides is 1. The van der Waals surface area contributed by atoms with Gasteiger partial charge in [0.25, 0.3) is 5.56 Å². The molecule has 4 rings (SSSR count). The van der Waals surface area contributed by atoms with Gasteiger partial charge in [-0.2, -0.15) is 5.26 Å². The van der Waals surface area contributed by atoms with Gasteiger partial charge < -0.3 is 5.32 Å². The fraction of sp³-hybridized carbons (Fsp3) is 0.320. The van der Waals surface area contributed by atoms with Crippen LogP contribution in [0.2, 0.25) is 0 Å². The molecule has 2 aromatic carbocycles. The van der Waals surface area contributed by atoms with Gasteiger partial charge in [0, 0.05) is 0 Å². The van der Waals surface area contributed by atoms with Crippen LogP contribution in [0.1, 0.15) is 31.9 Å². The van der Waals surface area contributed by atoms with Crippen LogP contribution in [0.15, 0.2) is 58.5 Å². The number of rotatable bonds is 7. The number of aromatic nitrogens is 4. The van der Waals surface area contributed by atoms with Gasteiger partial charge in [-0.3, -0.25) is 18.6 Å². The summed E-state index contributed by atoms with van der Waals surface area (Å²) >= 11 is 1.22. The summed E-state index contributed by atoms with van der Waals surface area (Å²) in [4.78, 5) is 25.9. The first kappa shape index (κ1) is 23.5. The SMILES string of the molecule is Cc1ccc(Cn2c(=O)c3ccccc3n3c(SCC(=O)N[C@](C)(C#N)C(C)C)nnc23)cc1. The maximum absolute atomic E-state index is 13.3. The van der Waals surface area contributed by atoms with Crippen LogP contribution in [0.4, 0.5) is 0 Å². The van der Waals surface area contributed by atoms with Crippen molar-refractivity contribution in [2.45, 2.75) is 44.9 Å². The number of nitriles is 1. The summed E-state index contributed by atoms with van der Waals surface area (Å²) in [6, 6.07) is 17.5. The third kappa shape index (κ3) is 4.41. The number of carbonyl (C=O) groups excluding carboxylic acids is 1. The second kappa shape index (κ2) is 9.31. The Labute approximate surface area is 201 Å². The van der Waals surface area contributed by atoms with Crippen molar-refractivity contribution in [1.82, 2.24) is 24.5 Å². The predicted octanol–water partition coefficient (Wildman–Crippen LogP) is 3.55. The van der Waals surface area contributed by atoms with Gasteiger partial charge >= 0.3 is 0 Å². The molecule has 2 heterocycles. The Hall–Kier alpha value is -3.64. The van der Waals surface area contributed by atoms with Crippen LogP contribution in [0.25, 0.3) is 16.7 Å². The summed E-state index contributed by atoms with van der Waals surface area (Å²) in [5, 5.41) is 22.0. The van der Waals surface area contributed by atoms with Gasteiger partial charge in [-0.05, 0) is 37.5 Å². The Bertz CT molecular complexity index is 1470. The van der Waals surface area contributed by atoms with Crippen LogP contribution in [0.5, 0.6) is 0 Å². The molecule has 9 heteroatoms. The van der Waals surface area contributed by atoms with Gasteiger partial charge in [0.1, 0.15) is 5.54 Å². The largest absolute Gasteiger partial charge is 0.337 e. The lowest BCUT2D eigenvalue weighted by Crippen LogP contribution is -2.49. The van der Waals surface area contributed by atoms with Crippen molar-refractivity contribution >= 4 is 34.3 Å². The van der Waals surface area contributed by atoms with E-state index >= 15 is 0 Å². The van der Waals surface area contributed by atoms with Gasteiger partial charge in [-0.25, -0.2) is 0 Å². The lowest BCUT2D eigenvalue weighted by molar-refractivity contribution is -0.120. The number of hydrogen-bond donors (Lipinski definition) is 1. The number of hydrogen-bond acceptors (Lipinski definition) is 6. The van der Waals surface area contributed by atoms with Gasteiger partial charge in [0.15, 0.2) is 5.16 Å². The van der Waals surface area contributed by atoms with Gasteiger partial charge in [-0.1, -0.05) is 67.6 Å². The number of para-hydroxylation sites is 1. The summed E-state index contributed by atoms with van der Waals surface area (Å²) in [5.74, 6) is 0.171. The Morgan fingerprint density at radius 1 is 1.18 bits per heavy atom. The van der Waals surface area contributed by atoms with Crippen molar-refractivity contribution in [2.24, 2.45) is 5.92 Å². The van der Waals surface area contributed by atoms with Crippen molar-refractivity contribution in [1.29, 1.82) is 5.26 Å². The van der Waals surface area contributed by atoms with Gasteiger partial charge in [0.2, 0.25) is 11.7 Å². The Morgan fingerprint density at radius 2 is 1.88 bits per heavy atom. The monoisotopic (exact) mass is 474 g/mol. The zero-order valence-corrected chi connectivity index (χ0v) is 20.4. The summed E-state index contributed by atoms with van der Waals surface area (Å²) in [7, 11) is 0. The first-order valence-electron chi connectivity index (χ1n) is 11.0. The van der Waals surface area contributed by atoms with E-state index in [2.05, 4.69) is 21.6 Å². The molecular formula is C25H26N6O2S. The quantitative estimate of drug-likeness (QED) is 0.411. The molecule has 0 aliphatic rings. The van der Waals surface area contributed by atoms with E-state index in [-0.39, 0.29) is 23.1 Å². The summed E-state index contributed by atoms with van der Waals surface area (Å²) < 4.78 is 3.42. The van der Waals surface area contributed by atoms with E-state index in [1.807, 2.05) is 67.6 Å². The Balaban J connectivity index is 1.72. The second-order valence-corrected chi connectivity index (χ2v) is 9.76. The lowest BCUT2D eigenvalue weighted by atomic mass is 9.90. The average molecular weight is 475 g/mol. The molecule has 0 spiro atoms. The molecule has 0 unspecified atom stereocenters. The van der Waals surface area contributed by atoms with Gasteiger partial charge in [-0.15, -0.1) is 10.2 Å². The molecular weight excluding hydrogens is 448 g/mol. The fourth-order valence-corrected chi connectivity index (χ4v) is 4.34. The molecule has 0 saturated heterocycles. The number of nitrogens with one attached hydrogen (secondary N) is 1. The maximum Gasteiger partial charge on any atom is 0.263 e. The average Bonchev–Trinajstić information content (AvgIpc) is 3.25. The van der Waals surface area contributed by atoms with Gasteiger partial charge in [0.05, 0.1) is 29.3 Å². The van der Waals surface area contributed by atoms with Crippen molar-refractivity contribution in [3.05, 3.63) is 70.0 Å². The highest BCUT2D eigenvalue weighted by atomic mass is 32.2. The highest BCUT2D eigenvalue weighted by molar-refractivity contribution is 7.99. The molecule has 8 nitrogen and oxygen atoms in total. The molecule has 1 atom stereocenters. The molecule has 4 aromatic rings. The summed E-state index contributed by atoms with van der Waals surface area (Å²) in [6.45, 7) is 7.86. The molecule has 1 N–H and O–H groups in total. The number of aryl methyl sites for hydroxylation is 1. The second-order valence-electron chi connectivity index (χ2n) is 8.82. The Morgan fingerprint density at radius 3 is 2.56 bits per heavy atom. The summed E-state index contributed by atoms with van der Waals surface area (Å²) in [5.41, 5.74) is 1.70. The van der Waals surface area contributed by atoms with E-state index in [0.29, 0.717) is 28.4 Å². The summed E-state index contributed by atoms with van der Waals surface area (Å²) in [6.07, 6.45) is 0. The van der Waals surface area contributed by atoms with Crippen LogP contribution in [0.3, 0.4) is 0 Å². The number of nitrogens with zero attached hydrogens (tertiary/aromatic N) is 5. The highest BCUT2D eigenvalue weighted by Crippen LogP contribution is 2.23. The van der Waals surface area contributed by atoms with E-state index in [4.69, 9.17) is 0 Å². The van der Waals surface area contributed by atoms with Crippen molar-refractivity contribution < 1.29 is 4.79 Å². The molecule has 0 bridgehead atoms. The van der Waals surface area contributed by atoms with Crippen LogP contribution in [-0.2, 0) is 11.3 Å². The zero-order chi connectivity index (χ0) is 24.5. The lowest BCUT2D eigenvalue weighted by Gasteiger charge is -2.27. The normalized spacial score (nSPS) is 13.2. The number of benzene rings is 2. The third-order valence-electron chi connectivity index (χ3n) is 6.06. The van der Waals surface area contributed by atoms with Crippen molar-refractivity contribution in [3.63, 3.8) is 0 Å². The Kier molecular flexibility index (Phi) is 6.44. The van der Waals surface area contributed by atoms with Crippen LogP contribution in [0, 0.1) is 24.2 Å². The van der Waals surface area contributed by atoms with Crippen LogP contribution in [-0.4, -0.2) is 36.4 Å². The zero-order valence-electron chi connectivity index (χ0n) is 19.6. The number of fused-ring (bicyclic) bond motifs is 3. The maximum atomic E-state index is 13.3. The molecule has 34 heavy (non-hydrogen) atoms. The number of carbonyl (C=O) groups is 1. The molecule has 0 fully saturated rings. The van der Waals surface area contributed by atoms with E-state index < -0.39 is 5.54 Å². The van der Waals surface area contributed by atoms with Crippen molar-refractivity contribution in [3.8, 4) is 6.07 Å². The molecule has 2 aromatic heterocycles. The first-order valence-corrected chi connectivity index (χ1v) is 12.0. The topological polar surface area (TPSA) is 105 Å². The van der Waals surface area contributed by atoms with E-state index in [1.54, 1.807) is 17.6 Å².